The Kier molecular flexibility index (Phi) is 3.87. The summed E-state index contributed by atoms with van der Waals surface area (Å²) in [6.07, 6.45) is 0. The lowest BCUT2D eigenvalue weighted by molar-refractivity contribution is 0.0523. The lowest BCUT2D eigenvalue weighted by Gasteiger charge is -2.10. The molecule has 7 heteroatoms. The van der Waals surface area contributed by atoms with Crippen molar-refractivity contribution in [2.75, 3.05) is 6.61 Å². The average molecular weight is 315 g/mol. The van der Waals surface area contributed by atoms with Crippen LogP contribution < -0.4 is 0 Å². The average Bonchev–Trinajstić information content (AvgIpc) is 2.38. The largest absolute Gasteiger partial charge is 0.506 e. The van der Waals surface area contributed by atoms with Gasteiger partial charge in [0, 0.05) is 21.5 Å². The van der Waals surface area contributed by atoms with Crippen molar-refractivity contribution < 1.29 is 23.1 Å². The fraction of sp³-hybridized carbons (Fsp3) is 0.154. The maximum absolute atomic E-state index is 11.8. The van der Waals surface area contributed by atoms with Gasteiger partial charge in [-0.2, -0.15) is 0 Å². The summed E-state index contributed by atoms with van der Waals surface area (Å²) < 4.78 is 28.0. The van der Waals surface area contributed by atoms with Crippen LogP contribution in [0.25, 0.3) is 10.8 Å². The number of aromatic hydroxyl groups is 1. The van der Waals surface area contributed by atoms with Gasteiger partial charge in [0.15, 0.2) is 0 Å². The predicted octanol–water partition coefficient (Wildman–Crippen LogP) is 2.65. The van der Waals surface area contributed by atoms with Crippen LogP contribution in [0.4, 0.5) is 0 Å². The number of esters is 1. The Morgan fingerprint density at radius 2 is 1.90 bits per heavy atom. The number of phenols is 1. The predicted molar refractivity (Wildman–Crippen MR) is 74.6 cm³/mol. The molecule has 0 bridgehead atoms. The third-order valence-corrected chi connectivity index (χ3v) is 4.10. The van der Waals surface area contributed by atoms with E-state index in [2.05, 4.69) is 0 Å². The van der Waals surface area contributed by atoms with E-state index < -0.39 is 15.0 Å². The Morgan fingerprint density at radius 1 is 1.30 bits per heavy atom. The minimum atomic E-state index is -4.06. The van der Waals surface area contributed by atoms with Gasteiger partial charge in [0.2, 0.25) is 0 Å². The molecule has 0 saturated heterocycles. The first-order valence-corrected chi connectivity index (χ1v) is 8.03. The van der Waals surface area contributed by atoms with Crippen LogP contribution in [0.1, 0.15) is 17.3 Å². The number of phenolic OH excluding ortho intramolecular Hbond substituents is 1. The Morgan fingerprint density at radius 3 is 2.45 bits per heavy atom. The van der Waals surface area contributed by atoms with Gasteiger partial charge in [-0.15, -0.1) is 0 Å². The first-order chi connectivity index (χ1) is 9.36. The van der Waals surface area contributed by atoms with Gasteiger partial charge in [0.05, 0.1) is 11.5 Å². The van der Waals surface area contributed by atoms with E-state index in [9.17, 15) is 18.3 Å². The number of fused-ring (bicyclic) bond motifs is 1. The van der Waals surface area contributed by atoms with Crippen molar-refractivity contribution >= 4 is 36.5 Å². The minimum absolute atomic E-state index is 0.105. The molecule has 0 fully saturated rings. The molecule has 0 aliphatic heterocycles. The summed E-state index contributed by atoms with van der Waals surface area (Å²) in [5, 5.41) is 10.6. The van der Waals surface area contributed by atoms with Crippen LogP contribution in [-0.2, 0) is 13.8 Å². The molecule has 0 spiro atoms. The number of benzene rings is 2. The fourth-order valence-electron chi connectivity index (χ4n) is 1.89. The van der Waals surface area contributed by atoms with Gasteiger partial charge in [0.1, 0.15) is 11.3 Å². The maximum Gasteiger partial charge on any atom is 0.341 e. The zero-order valence-corrected chi connectivity index (χ0v) is 12.0. The second kappa shape index (κ2) is 5.30. The van der Waals surface area contributed by atoms with Gasteiger partial charge in [-0.3, -0.25) is 0 Å². The first kappa shape index (κ1) is 14.6. The molecule has 0 saturated carbocycles. The number of rotatable bonds is 3. The molecule has 106 valence electrons. The van der Waals surface area contributed by atoms with Crippen molar-refractivity contribution in [2.45, 2.75) is 11.8 Å². The standard InChI is InChI=1S/C13H11ClO5S/c1-2-19-13(16)10-7-11(20(14,17)18)8-5-3-4-6-9(8)12(10)15/h3-7,15H,2H2,1H3. The molecule has 1 N–H and O–H groups in total. The summed E-state index contributed by atoms with van der Waals surface area (Å²) in [6.45, 7) is 1.71. The van der Waals surface area contributed by atoms with Crippen LogP contribution in [0.3, 0.4) is 0 Å². The summed E-state index contributed by atoms with van der Waals surface area (Å²) in [5.41, 5.74) is -0.232. The Bertz CT molecular complexity index is 783. The van der Waals surface area contributed by atoms with E-state index in [1.165, 1.54) is 12.1 Å². The van der Waals surface area contributed by atoms with Gasteiger partial charge in [-0.1, -0.05) is 24.3 Å². The molecular weight excluding hydrogens is 304 g/mol. The molecule has 0 heterocycles. The minimum Gasteiger partial charge on any atom is -0.506 e. The highest BCUT2D eigenvalue weighted by Gasteiger charge is 2.23. The van der Waals surface area contributed by atoms with E-state index in [0.29, 0.717) is 0 Å². The van der Waals surface area contributed by atoms with Crippen LogP contribution in [0.5, 0.6) is 5.75 Å². The first-order valence-electron chi connectivity index (χ1n) is 5.72. The van der Waals surface area contributed by atoms with Crippen molar-refractivity contribution in [3.05, 3.63) is 35.9 Å². The number of carbonyl (C=O) groups excluding carboxylic acids is 1. The number of halogens is 1. The van der Waals surface area contributed by atoms with E-state index in [-0.39, 0.29) is 33.6 Å². The third-order valence-electron chi connectivity index (χ3n) is 2.74. The molecule has 0 aromatic heterocycles. The van der Waals surface area contributed by atoms with Gasteiger partial charge < -0.3 is 9.84 Å². The van der Waals surface area contributed by atoms with Crippen LogP contribution in [-0.4, -0.2) is 26.1 Å². The van der Waals surface area contributed by atoms with Gasteiger partial charge in [0.25, 0.3) is 9.05 Å². The SMILES string of the molecule is CCOC(=O)c1cc(S(=O)(=O)Cl)c2ccccc2c1O. The van der Waals surface area contributed by atoms with Crippen molar-refractivity contribution in [1.82, 2.24) is 0 Å². The zero-order chi connectivity index (χ0) is 14.9. The molecule has 5 nitrogen and oxygen atoms in total. The molecule has 2 aromatic carbocycles. The molecule has 0 unspecified atom stereocenters. The number of hydrogen-bond donors (Lipinski definition) is 1. The molecule has 0 aliphatic rings. The van der Waals surface area contributed by atoms with Crippen LogP contribution >= 0.6 is 10.7 Å². The highest BCUT2D eigenvalue weighted by atomic mass is 35.7. The zero-order valence-electron chi connectivity index (χ0n) is 10.5. The van der Waals surface area contributed by atoms with Gasteiger partial charge in [-0.05, 0) is 13.0 Å². The highest BCUT2D eigenvalue weighted by molar-refractivity contribution is 8.14. The van der Waals surface area contributed by atoms with E-state index in [1.54, 1.807) is 19.1 Å². The smallest absolute Gasteiger partial charge is 0.341 e. The lowest BCUT2D eigenvalue weighted by atomic mass is 10.1. The molecule has 0 amide bonds. The maximum atomic E-state index is 11.8. The quantitative estimate of drug-likeness (QED) is 0.696. The third kappa shape index (κ3) is 2.57. The summed E-state index contributed by atoms with van der Waals surface area (Å²) in [6, 6.07) is 7.25. The summed E-state index contributed by atoms with van der Waals surface area (Å²) >= 11 is 0. The van der Waals surface area contributed by atoms with Crippen molar-refractivity contribution in [3.8, 4) is 5.75 Å². The molecule has 20 heavy (non-hydrogen) atoms. The Balaban J connectivity index is 2.86. The summed E-state index contributed by atoms with van der Waals surface area (Å²) in [7, 11) is 1.32. The number of carbonyl (C=O) groups is 1. The normalized spacial score (nSPS) is 11.5. The number of ether oxygens (including phenoxy) is 1. The number of hydrogen-bond acceptors (Lipinski definition) is 5. The van der Waals surface area contributed by atoms with Crippen molar-refractivity contribution in [3.63, 3.8) is 0 Å². The molecule has 0 atom stereocenters. The summed E-state index contributed by atoms with van der Waals surface area (Å²) in [5.74, 6) is -1.14. The van der Waals surface area contributed by atoms with Gasteiger partial charge >= 0.3 is 5.97 Å². The van der Waals surface area contributed by atoms with Crippen LogP contribution in [0.2, 0.25) is 0 Å². The monoisotopic (exact) mass is 314 g/mol. The van der Waals surface area contributed by atoms with Gasteiger partial charge in [-0.25, -0.2) is 13.2 Å². The van der Waals surface area contributed by atoms with E-state index in [1.807, 2.05) is 0 Å². The molecular formula is C13H11ClO5S. The molecule has 0 radical (unpaired) electrons. The van der Waals surface area contributed by atoms with Crippen LogP contribution in [0.15, 0.2) is 35.2 Å². The van der Waals surface area contributed by atoms with E-state index in [0.717, 1.165) is 6.07 Å². The topological polar surface area (TPSA) is 80.7 Å². The molecule has 0 aliphatic carbocycles. The van der Waals surface area contributed by atoms with E-state index >= 15 is 0 Å². The van der Waals surface area contributed by atoms with Crippen LogP contribution in [0, 0.1) is 0 Å². The second-order valence-electron chi connectivity index (χ2n) is 3.97. The second-order valence-corrected chi connectivity index (χ2v) is 6.51. The highest BCUT2D eigenvalue weighted by Crippen LogP contribution is 2.35. The Labute approximate surface area is 120 Å². The summed E-state index contributed by atoms with van der Waals surface area (Å²) in [4.78, 5) is 11.5. The molecule has 2 aromatic rings. The lowest BCUT2D eigenvalue weighted by Crippen LogP contribution is -2.07. The molecule has 2 rings (SSSR count). The van der Waals surface area contributed by atoms with E-state index in [4.69, 9.17) is 15.4 Å². The van der Waals surface area contributed by atoms with Crippen molar-refractivity contribution in [2.24, 2.45) is 0 Å². The Hall–Kier alpha value is -1.79. The fourth-order valence-corrected chi connectivity index (χ4v) is 2.98. The van der Waals surface area contributed by atoms with Crippen molar-refractivity contribution in [1.29, 1.82) is 0 Å².